The Morgan fingerprint density at radius 1 is 1.29 bits per heavy atom. The number of hydrogen-bond donors (Lipinski definition) is 2. The van der Waals surface area contributed by atoms with Gasteiger partial charge in [0.05, 0.1) is 10.0 Å². The first kappa shape index (κ1) is 16.5. The molecule has 21 heavy (non-hydrogen) atoms. The predicted molar refractivity (Wildman–Crippen MR) is 77.3 cm³/mol. The standard InChI is InChI=1S/C12H13Cl2FN2O3S/c13-8-3-4-9(10(14)11(8)15)21(19,20)17-6-5-16-12(18)7-1-2-7/h3-4,7,17H,1-2,5-6H2,(H,16,18). The number of sulfonamides is 1. The second-order valence-corrected chi connectivity index (χ2v) is 7.16. The van der Waals surface area contributed by atoms with Gasteiger partial charge in [-0.15, -0.1) is 0 Å². The third kappa shape index (κ3) is 4.06. The summed E-state index contributed by atoms with van der Waals surface area (Å²) in [6.07, 6.45) is 1.74. The minimum atomic E-state index is -3.96. The van der Waals surface area contributed by atoms with Gasteiger partial charge in [-0.05, 0) is 25.0 Å². The summed E-state index contributed by atoms with van der Waals surface area (Å²) in [5.74, 6) is -1.01. The minimum Gasteiger partial charge on any atom is -0.355 e. The molecule has 2 rings (SSSR count). The van der Waals surface area contributed by atoms with Gasteiger partial charge in [0.2, 0.25) is 15.9 Å². The number of nitrogens with one attached hydrogen (secondary N) is 2. The van der Waals surface area contributed by atoms with Crippen molar-refractivity contribution < 1.29 is 17.6 Å². The molecule has 0 saturated heterocycles. The molecular formula is C12H13Cl2FN2O3S. The first-order chi connectivity index (χ1) is 9.83. The SMILES string of the molecule is O=C(NCCNS(=O)(=O)c1ccc(Cl)c(F)c1Cl)C1CC1. The Labute approximate surface area is 131 Å². The lowest BCUT2D eigenvalue weighted by Gasteiger charge is -2.10. The number of carbonyl (C=O) groups is 1. The van der Waals surface area contributed by atoms with Crippen LogP contribution in [-0.4, -0.2) is 27.4 Å². The van der Waals surface area contributed by atoms with Crippen molar-refractivity contribution >= 4 is 39.1 Å². The van der Waals surface area contributed by atoms with E-state index < -0.39 is 20.9 Å². The normalized spacial score (nSPS) is 15.0. The van der Waals surface area contributed by atoms with Crippen molar-refractivity contribution in [2.45, 2.75) is 17.7 Å². The Kier molecular flexibility index (Phi) is 5.08. The Balaban J connectivity index is 1.95. The lowest BCUT2D eigenvalue weighted by atomic mass is 10.3. The van der Waals surface area contributed by atoms with Crippen LogP contribution < -0.4 is 10.0 Å². The van der Waals surface area contributed by atoms with Crippen LogP contribution in [0, 0.1) is 11.7 Å². The molecule has 0 spiro atoms. The molecular weight excluding hydrogens is 342 g/mol. The summed E-state index contributed by atoms with van der Waals surface area (Å²) in [5.41, 5.74) is 0. The van der Waals surface area contributed by atoms with Crippen molar-refractivity contribution in [1.29, 1.82) is 0 Å². The fourth-order valence-corrected chi connectivity index (χ4v) is 3.43. The average Bonchev–Trinajstić information content (AvgIpc) is 3.25. The summed E-state index contributed by atoms with van der Waals surface area (Å²) in [5, 5.41) is 1.80. The Morgan fingerprint density at radius 2 is 1.95 bits per heavy atom. The van der Waals surface area contributed by atoms with Gasteiger partial charge in [-0.1, -0.05) is 23.2 Å². The molecule has 0 aromatic heterocycles. The molecule has 0 aliphatic heterocycles. The monoisotopic (exact) mass is 354 g/mol. The van der Waals surface area contributed by atoms with Gasteiger partial charge in [0.25, 0.3) is 0 Å². The smallest absolute Gasteiger partial charge is 0.242 e. The highest BCUT2D eigenvalue weighted by molar-refractivity contribution is 7.89. The number of rotatable bonds is 6. The van der Waals surface area contributed by atoms with Crippen LogP contribution in [0.15, 0.2) is 17.0 Å². The van der Waals surface area contributed by atoms with E-state index in [0.29, 0.717) is 0 Å². The summed E-state index contributed by atoms with van der Waals surface area (Å²) in [7, 11) is -3.96. The average molecular weight is 355 g/mol. The maximum atomic E-state index is 13.5. The van der Waals surface area contributed by atoms with Gasteiger partial charge in [0, 0.05) is 19.0 Å². The Bertz CT molecular complexity index is 663. The van der Waals surface area contributed by atoms with Gasteiger partial charge in [-0.3, -0.25) is 4.79 Å². The highest BCUT2D eigenvalue weighted by Crippen LogP contribution is 2.29. The van der Waals surface area contributed by atoms with E-state index in [1.165, 1.54) is 0 Å². The first-order valence-electron chi connectivity index (χ1n) is 6.24. The molecule has 0 atom stereocenters. The second kappa shape index (κ2) is 6.48. The van der Waals surface area contributed by atoms with Crippen molar-refractivity contribution in [3.8, 4) is 0 Å². The lowest BCUT2D eigenvalue weighted by molar-refractivity contribution is -0.122. The maximum absolute atomic E-state index is 13.5. The number of amides is 1. The van der Waals surface area contributed by atoms with Crippen LogP contribution in [0.2, 0.25) is 10.0 Å². The molecule has 1 saturated carbocycles. The molecule has 1 fully saturated rings. The third-order valence-corrected chi connectivity index (χ3v) is 5.23. The van der Waals surface area contributed by atoms with Gasteiger partial charge in [-0.2, -0.15) is 0 Å². The van der Waals surface area contributed by atoms with Crippen LogP contribution >= 0.6 is 23.2 Å². The molecule has 0 unspecified atom stereocenters. The summed E-state index contributed by atoms with van der Waals surface area (Å²) < 4.78 is 39.7. The van der Waals surface area contributed by atoms with Crippen LogP contribution in [0.4, 0.5) is 4.39 Å². The van der Waals surface area contributed by atoms with E-state index >= 15 is 0 Å². The van der Waals surface area contributed by atoms with E-state index in [9.17, 15) is 17.6 Å². The zero-order chi connectivity index (χ0) is 15.6. The number of hydrogen-bond acceptors (Lipinski definition) is 3. The van der Waals surface area contributed by atoms with Crippen LogP contribution in [0.1, 0.15) is 12.8 Å². The van der Waals surface area contributed by atoms with E-state index in [-0.39, 0.29) is 34.8 Å². The summed E-state index contributed by atoms with van der Waals surface area (Å²) in [6.45, 7) is 0.142. The van der Waals surface area contributed by atoms with Crippen LogP contribution in [0.5, 0.6) is 0 Å². The molecule has 0 radical (unpaired) electrons. The Hall–Kier alpha value is -0.890. The van der Waals surface area contributed by atoms with E-state index in [0.717, 1.165) is 25.0 Å². The summed E-state index contributed by atoms with van der Waals surface area (Å²) in [4.78, 5) is 11.0. The molecule has 116 valence electrons. The molecule has 0 bridgehead atoms. The zero-order valence-corrected chi connectivity index (χ0v) is 13.2. The fourth-order valence-electron chi connectivity index (χ4n) is 1.65. The van der Waals surface area contributed by atoms with Crippen molar-refractivity contribution in [2.24, 2.45) is 5.92 Å². The van der Waals surface area contributed by atoms with Crippen molar-refractivity contribution in [2.75, 3.05) is 13.1 Å². The number of halogens is 3. The molecule has 5 nitrogen and oxygen atoms in total. The summed E-state index contributed by atoms with van der Waals surface area (Å²) in [6, 6.07) is 2.24. The highest BCUT2D eigenvalue weighted by Gasteiger charge is 2.29. The second-order valence-electron chi connectivity index (χ2n) is 4.64. The number of benzene rings is 1. The van der Waals surface area contributed by atoms with E-state index in [1.807, 2.05) is 0 Å². The fraction of sp³-hybridized carbons (Fsp3) is 0.417. The molecule has 1 aromatic rings. The molecule has 1 aliphatic rings. The van der Waals surface area contributed by atoms with Crippen LogP contribution in [0.25, 0.3) is 0 Å². The molecule has 1 amide bonds. The highest BCUT2D eigenvalue weighted by atomic mass is 35.5. The summed E-state index contributed by atoms with van der Waals surface area (Å²) >= 11 is 11.2. The van der Waals surface area contributed by atoms with Gasteiger partial charge >= 0.3 is 0 Å². The maximum Gasteiger partial charge on any atom is 0.242 e. The molecule has 1 aromatic carbocycles. The molecule has 0 heterocycles. The topological polar surface area (TPSA) is 75.3 Å². The molecule has 2 N–H and O–H groups in total. The Morgan fingerprint density at radius 3 is 2.57 bits per heavy atom. The van der Waals surface area contributed by atoms with Gasteiger partial charge < -0.3 is 5.32 Å². The van der Waals surface area contributed by atoms with Gasteiger partial charge in [0.15, 0.2) is 5.82 Å². The first-order valence-corrected chi connectivity index (χ1v) is 8.47. The van der Waals surface area contributed by atoms with E-state index in [2.05, 4.69) is 10.0 Å². The zero-order valence-electron chi connectivity index (χ0n) is 10.8. The van der Waals surface area contributed by atoms with E-state index in [1.54, 1.807) is 0 Å². The van der Waals surface area contributed by atoms with Crippen molar-refractivity contribution in [3.05, 3.63) is 28.0 Å². The lowest BCUT2D eigenvalue weighted by Crippen LogP contribution is -2.35. The quantitative estimate of drug-likeness (QED) is 0.605. The van der Waals surface area contributed by atoms with Crippen molar-refractivity contribution in [3.63, 3.8) is 0 Å². The third-order valence-electron chi connectivity index (χ3n) is 2.95. The van der Waals surface area contributed by atoms with Crippen LogP contribution in [-0.2, 0) is 14.8 Å². The van der Waals surface area contributed by atoms with Gasteiger partial charge in [-0.25, -0.2) is 17.5 Å². The predicted octanol–water partition coefficient (Wildman–Crippen LogP) is 1.94. The largest absolute Gasteiger partial charge is 0.355 e. The van der Waals surface area contributed by atoms with Crippen LogP contribution in [0.3, 0.4) is 0 Å². The van der Waals surface area contributed by atoms with E-state index in [4.69, 9.17) is 23.2 Å². The van der Waals surface area contributed by atoms with Gasteiger partial charge in [0.1, 0.15) is 4.90 Å². The molecule has 9 heteroatoms. The van der Waals surface area contributed by atoms with Crippen molar-refractivity contribution in [1.82, 2.24) is 10.0 Å². The minimum absolute atomic E-state index is 0.0125. The molecule has 1 aliphatic carbocycles. The number of carbonyl (C=O) groups excluding carboxylic acids is 1.